The number of thioether (sulfide) groups is 1. The lowest BCUT2D eigenvalue weighted by atomic mass is 10.2. The standard InChI is InChI=1S/C8H7NO2S2/c1-13-8(12)6-4-2-3-5-7(6)9(10)11/h2-5H,1H3. The van der Waals surface area contributed by atoms with Crippen LogP contribution in [-0.2, 0) is 0 Å². The minimum atomic E-state index is -0.419. The molecule has 0 aliphatic heterocycles. The molecule has 68 valence electrons. The lowest BCUT2D eigenvalue weighted by Crippen LogP contribution is -1.98. The van der Waals surface area contributed by atoms with Crippen molar-refractivity contribution in [2.45, 2.75) is 0 Å². The molecule has 0 saturated carbocycles. The number of nitrogens with zero attached hydrogens (tertiary/aromatic N) is 1. The summed E-state index contributed by atoms with van der Waals surface area (Å²) in [6.45, 7) is 0. The third-order valence-corrected chi connectivity index (χ3v) is 2.82. The molecule has 0 heterocycles. The van der Waals surface area contributed by atoms with E-state index in [0.29, 0.717) is 9.76 Å². The molecule has 0 N–H and O–H groups in total. The largest absolute Gasteiger partial charge is 0.278 e. The predicted molar refractivity (Wildman–Crippen MR) is 58.3 cm³/mol. The molecular formula is C8H7NO2S2. The number of hydrogen-bond donors (Lipinski definition) is 0. The van der Waals surface area contributed by atoms with Crippen LogP contribution in [0.3, 0.4) is 0 Å². The first kappa shape index (κ1) is 10.1. The van der Waals surface area contributed by atoms with E-state index in [-0.39, 0.29) is 5.69 Å². The molecule has 3 nitrogen and oxygen atoms in total. The first-order chi connectivity index (χ1) is 6.16. The highest BCUT2D eigenvalue weighted by molar-refractivity contribution is 8.23. The van der Waals surface area contributed by atoms with E-state index in [1.165, 1.54) is 17.8 Å². The minimum Gasteiger partial charge on any atom is -0.258 e. The van der Waals surface area contributed by atoms with Crippen molar-refractivity contribution in [2.75, 3.05) is 6.26 Å². The summed E-state index contributed by atoms with van der Waals surface area (Å²) in [6.07, 6.45) is 1.80. The number of para-hydroxylation sites is 1. The van der Waals surface area contributed by atoms with Crippen LogP contribution in [0.15, 0.2) is 24.3 Å². The summed E-state index contributed by atoms with van der Waals surface area (Å²) in [5, 5.41) is 10.6. The van der Waals surface area contributed by atoms with Gasteiger partial charge in [-0.3, -0.25) is 10.1 Å². The summed E-state index contributed by atoms with van der Waals surface area (Å²) in [7, 11) is 0. The fraction of sp³-hybridized carbons (Fsp3) is 0.125. The molecule has 0 saturated heterocycles. The second-order valence-corrected chi connectivity index (χ2v) is 3.75. The van der Waals surface area contributed by atoms with E-state index in [0.717, 1.165) is 0 Å². The Morgan fingerprint density at radius 2 is 2.15 bits per heavy atom. The number of benzene rings is 1. The molecule has 0 bridgehead atoms. The van der Waals surface area contributed by atoms with Gasteiger partial charge in [0.05, 0.1) is 14.7 Å². The molecule has 0 fully saturated rings. The highest BCUT2D eigenvalue weighted by Gasteiger charge is 2.14. The van der Waals surface area contributed by atoms with Gasteiger partial charge in [0.25, 0.3) is 5.69 Å². The Labute approximate surface area is 85.3 Å². The molecule has 0 unspecified atom stereocenters. The van der Waals surface area contributed by atoms with E-state index >= 15 is 0 Å². The fourth-order valence-corrected chi connectivity index (χ4v) is 1.48. The van der Waals surface area contributed by atoms with E-state index in [4.69, 9.17) is 12.2 Å². The number of hydrogen-bond acceptors (Lipinski definition) is 4. The van der Waals surface area contributed by atoms with Gasteiger partial charge in [0.15, 0.2) is 0 Å². The van der Waals surface area contributed by atoms with E-state index in [9.17, 15) is 10.1 Å². The fourth-order valence-electron chi connectivity index (χ4n) is 0.915. The summed E-state index contributed by atoms with van der Waals surface area (Å²) < 4.78 is 0.548. The number of thiocarbonyl (C=S) groups is 1. The van der Waals surface area contributed by atoms with Gasteiger partial charge in [-0.05, 0) is 12.3 Å². The van der Waals surface area contributed by atoms with Crippen molar-refractivity contribution < 1.29 is 4.92 Å². The Kier molecular flexibility index (Phi) is 3.39. The smallest absolute Gasteiger partial charge is 0.258 e. The van der Waals surface area contributed by atoms with Gasteiger partial charge < -0.3 is 0 Å². The monoisotopic (exact) mass is 213 g/mol. The van der Waals surface area contributed by atoms with Crippen molar-refractivity contribution >= 4 is 33.9 Å². The van der Waals surface area contributed by atoms with Gasteiger partial charge in [-0.2, -0.15) is 0 Å². The van der Waals surface area contributed by atoms with Crippen LogP contribution in [0.2, 0.25) is 0 Å². The first-order valence-electron chi connectivity index (χ1n) is 3.48. The molecule has 0 spiro atoms. The Morgan fingerprint density at radius 3 is 2.69 bits per heavy atom. The summed E-state index contributed by atoms with van der Waals surface area (Å²) in [5.74, 6) is 0. The van der Waals surface area contributed by atoms with Crippen LogP contribution < -0.4 is 0 Å². The average Bonchev–Trinajstić information content (AvgIpc) is 2.16. The molecule has 0 radical (unpaired) electrons. The number of nitro benzene ring substituents is 1. The van der Waals surface area contributed by atoms with Gasteiger partial charge in [-0.1, -0.05) is 24.4 Å². The number of rotatable bonds is 2. The molecule has 0 atom stereocenters. The summed E-state index contributed by atoms with van der Waals surface area (Å²) in [4.78, 5) is 10.2. The highest BCUT2D eigenvalue weighted by Crippen LogP contribution is 2.22. The van der Waals surface area contributed by atoms with Gasteiger partial charge in [0.1, 0.15) is 0 Å². The minimum absolute atomic E-state index is 0.0712. The van der Waals surface area contributed by atoms with Crippen LogP contribution in [0, 0.1) is 10.1 Å². The summed E-state index contributed by atoms with van der Waals surface area (Å²) in [6, 6.07) is 6.49. The van der Waals surface area contributed by atoms with Crippen molar-refractivity contribution in [3.05, 3.63) is 39.9 Å². The summed E-state index contributed by atoms with van der Waals surface area (Å²) >= 11 is 6.32. The molecule has 13 heavy (non-hydrogen) atoms. The van der Waals surface area contributed by atoms with Crippen LogP contribution >= 0.6 is 24.0 Å². The maximum Gasteiger partial charge on any atom is 0.278 e. The lowest BCUT2D eigenvalue weighted by molar-refractivity contribution is -0.385. The quantitative estimate of drug-likeness (QED) is 0.430. The Balaban J connectivity index is 3.19. The topological polar surface area (TPSA) is 43.1 Å². The average molecular weight is 213 g/mol. The summed E-state index contributed by atoms with van der Waals surface area (Å²) in [5.41, 5.74) is 0.594. The molecular weight excluding hydrogens is 206 g/mol. The van der Waals surface area contributed by atoms with Crippen LogP contribution in [0.1, 0.15) is 5.56 Å². The Morgan fingerprint density at radius 1 is 1.54 bits per heavy atom. The van der Waals surface area contributed by atoms with Crippen LogP contribution in [0.5, 0.6) is 0 Å². The molecule has 1 aromatic carbocycles. The zero-order valence-electron chi connectivity index (χ0n) is 6.89. The van der Waals surface area contributed by atoms with Crippen molar-refractivity contribution in [1.82, 2.24) is 0 Å². The van der Waals surface area contributed by atoms with Gasteiger partial charge in [-0.15, -0.1) is 11.8 Å². The van der Waals surface area contributed by atoms with Crippen LogP contribution in [0.25, 0.3) is 0 Å². The molecule has 0 amide bonds. The molecule has 0 aromatic heterocycles. The maximum absolute atomic E-state index is 10.6. The molecule has 5 heteroatoms. The molecule has 0 aliphatic carbocycles. The molecule has 1 rings (SSSR count). The first-order valence-corrected chi connectivity index (χ1v) is 5.12. The molecule has 0 aliphatic rings. The van der Waals surface area contributed by atoms with Crippen molar-refractivity contribution in [3.63, 3.8) is 0 Å². The van der Waals surface area contributed by atoms with Crippen molar-refractivity contribution in [1.29, 1.82) is 0 Å². The predicted octanol–water partition coefficient (Wildman–Crippen LogP) is 2.63. The SMILES string of the molecule is CSC(=S)c1ccccc1[N+](=O)[O-]. The lowest BCUT2D eigenvalue weighted by Gasteiger charge is -2.00. The van der Waals surface area contributed by atoms with Crippen molar-refractivity contribution in [3.8, 4) is 0 Å². The van der Waals surface area contributed by atoms with E-state index in [2.05, 4.69) is 0 Å². The van der Waals surface area contributed by atoms with Crippen LogP contribution in [0.4, 0.5) is 5.69 Å². The normalized spacial score (nSPS) is 9.62. The van der Waals surface area contributed by atoms with Crippen LogP contribution in [-0.4, -0.2) is 15.4 Å². The third kappa shape index (κ3) is 2.26. The van der Waals surface area contributed by atoms with Crippen molar-refractivity contribution in [2.24, 2.45) is 0 Å². The van der Waals surface area contributed by atoms with Gasteiger partial charge in [0, 0.05) is 6.07 Å². The zero-order chi connectivity index (χ0) is 9.84. The van der Waals surface area contributed by atoms with Gasteiger partial charge in [0.2, 0.25) is 0 Å². The highest BCUT2D eigenvalue weighted by atomic mass is 32.2. The second kappa shape index (κ2) is 4.34. The molecule has 1 aromatic rings. The van der Waals surface area contributed by atoms with Gasteiger partial charge >= 0.3 is 0 Å². The van der Waals surface area contributed by atoms with Gasteiger partial charge in [-0.25, -0.2) is 0 Å². The maximum atomic E-state index is 10.6. The van der Waals surface area contributed by atoms with E-state index < -0.39 is 4.92 Å². The van der Waals surface area contributed by atoms with E-state index in [1.807, 2.05) is 0 Å². The second-order valence-electron chi connectivity index (χ2n) is 2.27. The number of nitro groups is 1. The third-order valence-electron chi connectivity index (χ3n) is 1.51. The Hall–Kier alpha value is -0.940. The van der Waals surface area contributed by atoms with E-state index in [1.54, 1.807) is 24.5 Å². The Bertz CT molecular complexity index is 352. The zero-order valence-corrected chi connectivity index (χ0v) is 8.52.